The number of ether oxygens (including phenoxy) is 1. The number of fused-ring (bicyclic) bond motifs is 1. The van der Waals surface area contributed by atoms with Crippen LogP contribution in [0.25, 0.3) is 0 Å². The van der Waals surface area contributed by atoms with E-state index in [1.54, 1.807) is 19.1 Å². The Kier molecular flexibility index (Phi) is 7.94. The van der Waals surface area contributed by atoms with E-state index in [2.05, 4.69) is 53.7 Å². The molecule has 0 saturated carbocycles. The minimum absolute atomic E-state index is 0.173. The molecule has 1 aliphatic heterocycles. The average Bonchev–Trinajstić information content (AvgIpc) is 3.28. The topological polar surface area (TPSA) is 71.0 Å². The molecule has 1 amide bonds. The zero-order valence-electron chi connectivity index (χ0n) is 22.1. The molecule has 0 fully saturated rings. The van der Waals surface area contributed by atoms with Crippen molar-refractivity contribution in [3.8, 4) is 0 Å². The molecule has 1 atom stereocenters. The Morgan fingerprint density at radius 3 is 2.15 bits per heavy atom. The van der Waals surface area contributed by atoms with Crippen LogP contribution in [0.4, 0.5) is 11.4 Å². The van der Waals surface area contributed by atoms with Crippen LogP contribution in [0.3, 0.4) is 0 Å². The second kappa shape index (κ2) is 11.9. The van der Waals surface area contributed by atoms with Gasteiger partial charge in [-0.2, -0.15) is 0 Å². The Balaban J connectivity index is 1.41. The summed E-state index contributed by atoms with van der Waals surface area (Å²) in [6.07, 6.45) is 0. The molecule has 5 rings (SSSR count). The van der Waals surface area contributed by atoms with Crippen molar-refractivity contribution in [1.29, 1.82) is 0 Å². The smallest absolute Gasteiger partial charge is 0.338 e. The maximum absolute atomic E-state index is 13.3. The summed E-state index contributed by atoms with van der Waals surface area (Å²) in [5.74, 6) is -1.19. The van der Waals surface area contributed by atoms with Crippen molar-refractivity contribution in [2.24, 2.45) is 4.99 Å². The molecule has 196 valence electrons. The number of hydrogen-bond acceptors (Lipinski definition) is 5. The fourth-order valence-corrected chi connectivity index (χ4v) is 4.86. The molecular weight excluding hydrogens is 486 g/mol. The highest BCUT2D eigenvalue weighted by molar-refractivity contribution is 6.24. The number of esters is 1. The molecule has 4 aromatic rings. The molecule has 4 aromatic carbocycles. The molecule has 0 aliphatic carbocycles. The number of amides is 1. The van der Waals surface area contributed by atoms with Crippen molar-refractivity contribution in [1.82, 2.24) is 4.90 Å². The summed E-state index contributed by atoms with van der Waals surface area (Å²) in [7, 11) is 2.11. The van der Waals surface area contributed by atoms with E-state index >= 15 is 0 Å². The molecule has 6 nitrogen and oxygen atoms in total. The van der Waals surface area contributed by atoms with Crippen LogP contribution in [0.15, 0.2) is 108 Å². The van der Waals surface area contributed by atoms with Crippen molar-refractivity contribution in [2.75, 3.05) is 19.0 Å². The zero-order valence-corrected chi connectivity index (χ0v) is 22.1. The molecule has 6 heteroatoms. The number of rotatable bonds is 9. The summed E-state index contributed by atoms with van der Waals surface area (Å²) < 4.78 is 5.12. The van der Waals surface area contributed by atoms with Crippen LogP contribution in [0, 0.1) is 0 Å². The summed E-state index contributed by atoms with van der Waals surface area (Å²) in [4.78, 5) is 32.7. The zero-order chi connectivity index (χ0) is 27.2. The van der Waals surface area contributed by atoms with Gasteiger partial charge in [-0.05, 0) is 60.5 Å². The molecule has 1 N–H and O–H groups in total. The summed E-state index contributed by atoms with van der Waals surface area (Å²) in [5.41, 5.74) is 6.56. The molecule has 0 spiro atoms. The van der Waals surface area contributed by atoms with Gasteiger partial charge in [-0.15, -0.1) is 0 Å². The minimum Gasteiger partial charge on any atom is -0.462 e. The highest BCUT2D eigenvalue weighted by Gasteiger charge is 2.36. The van der Waals surface area contributed by atoms with E-state index in [-0.39, 0.29) is 12.5 Å². The van der Waals surface area contributed by atoms with Crippen LogP contribution < -0.4 is 5.32 Å². The lowest BCUT2D eigenvalue weighted by atomic mass is 9.90. The van der Waals surface area contributed by atoms with Crippen LogP contribution in [0.1, 0.15) is 45.5 Å². The van der Waals surface area contributed by atoms with Crippen molar-refractivity contribution >= 4 is 29.0 Å². The van der Waals surface area contributed by atoms with Gasteiger partial charge in [-0.3, -0.25) is 14.7 Å². The van der Waals surface area contributed by atoms with Crippen LogP contribution in [-0.4, -0.2) is 36.1 Å². The Morgan fingerprint density at radius 1 is 0.846 bits per heavy atom. The molecular formula is C33H31N3O3. The SMILES string of the molecule is CCOC(=O)c1ccc2c(c1)NC(=O)C2C(=Nc1ccc(CN(C)Cc2ccccc2)cc1)c1ccccc1. The van der Waals surface area contributed by atoms with Gasteiger partial charge in [0.15, 0.2) is 0 Å². The van der Waals surface area contributed by atoms with Gasteiger partial charge in [0.2, 0.25) is 5.91 Å². The van der Waals surface area contributed by atoms with Crippen LogP contribution in [-0.2, 0) is 22.6 Å². The van der Waals surface area contributed by atoms with E-state index in [4.69, 9.17) is 9.73 Å². The van der Waals surface area contributed by atoms with Crippen molar-refractivity contribution in [3.63, 3.8) is 0 Å². The third kappa shape index (κ3) is 6.13. The number of benzene rings is 4. The Morgan fingerprint density at radius 2 is 1.49 bits per heavy atom. The minimum atomic E-state index is -0.602. The van der Waals surface area contributed by atoms with Crippen LogP contribution in [0.5, 0.6) is 0 Å². The van der Waals surface area contributed by atoms with Crippen molar-refractivity contribution in [3.05, 3.63) is 131 Å². The van der Waals surface area contributed by atoms with Gasteiger partial charge < -0.3 is 10.1 Å². The van der Waals surface area contributed by atoms with Gasteiger partial charge in [0, 0.05) is 18.8 Å². The van der Waals surface area contributed by atoms with E-state index in [9.17, 15) is 9.59 Å². The molecule has 0 aromatic heterocycles. The average molecular weight is 518 g/mol. The molecule has 39 heavy (non-hydrogen) atoms. The standard InChI is InChI=1S/C33H31N3O3/c1-3-39-33(38)26-16-19-28-29(20-26)35-32(37)30(28)31(25-12-8-5-9-13-25)34-27-17-14-24(15-18-27)22-36(2)21-23-10-6-4-7-11-23/h4-20,30H,3,21-22H2,1-2H3,(H,35,37). The lowest BCUT2D eigenvalue weighted by Crippen LogP contribution is -2.22. The first-order chi connectivity index (χ1) is 19.0. The normalized spacial score (nSPS) is 14.7. The summed E-state index contributed by atoms with van der Waals surface area (Å²) in [5, 5.41) is 2.94. The fraction of sp³-hybridized carbons (Fsp3) is 0.182. The number of anilines is 1. The monoisotopic (exact) mass is 517 g/mol. The maximum Gasteiger partial charge on any atom is 0.338 e. The van der Waals surface area contributed by atoms with Crippen molar-refractivity contribution in [2.45, 2.75) is 25.9 Å². The number of hydrogen-bond donors (Lipinski definition) is 1. The van der Waals surface area contributed by atoms with Gasteiger partial charge >= 0.3 is 5.97 Å². The summed E-state index contributed by atoms with van der Waals surface area (Å²) >= 11 is 0. The van der Waals surface area contributed by atoms with E-state index < -0.39 is 11.9 Å². The highest BCUT2D eigenvalue weighted by atomic mass is 16.5. The molecule has 1 aliphatic rings. The Labute approximate surface area is 229 Å². The largest absolute Gasteiger partial charge is 0.462 e. The predicted molar refractivity (Wildman–Crippen MR) is 154 cm³/mol. The first-order valence-electron chi connectivity index (χ1n) is 13.1. The second-order valence-corrected chi connectivity index (χ2v) is 9.63. The van der Waals surface area contributed by atoms with Crippen LogP contribution >= 0.6 is 0 Å². The summed E-state index contributed by atoms with van der Waals surface area (Å²) in [6.45, 7) is 3.73. The van der Waals surface area contributed by atoms with Crippen molar-refractivity contribution < 1.29 is 14.3 Å². The number of nitrogens with zero attached hydrogens (tertiary/aromatic N) is 2. The molecule has 0 bridgehead atoms. The Hall–Kier alpha value is -4.55. The van der Waals surface area contributed by atoms with Gasteiger partial charge in [0.25, 0.3) is 0 Å². The lowest BCUT2D eigenvalue weighted by Gasteiger charge is -2.17. The molecule has 0 saturated heterocycles. The quantitative estimate of drug-likeness (QED) is 0.207. The number of nitrogens with one attached hydrogen (secondary N) is 1. The Bertz CT molecular complexity index is 1480. The van der Waals surface area contributed by atoms with E-state index in [0.717, 1.165) is 29.9 Å². The second-order valence-electron chi connectivity index (χ2n) is 9.63. The van der Waals surface area contributed by atoms with E-state index in [1.807, 2.05) is 54.6 Å². The first kappa shape index (κ1) is 26.1. The predicted octanol–water partition coefficient (Wildman–Crippen LogP) is 6.35. The molecule has 1 unspecified atom stereocenters. The third-order valence-electron chi connectivity index (χ3n) is 6.67. The molecule has 1 heterocycles. The lowest BCUT2D eigenvalue weighted by molar-refractivity contribution is -0.115. The van der Waals surface area contributed by atoms with Gasteiger partial charge in [-0.1, -0.05) is 78.9 Å². The number of aliphatic imine (C=N–C) groups is 1. The number of carbonyl (C=O) groups is 2. The van der Waals surface area contributed by atoms with E-state index in [1.165, 1.54) is 11.1 Å². The van der Waals surface area contributed by atoms with Gasteiger partial charge in [0.1, 0.15) is 5.92 Å². The van der Waals surface area contributed by atoms with Gasteiger partial charge in [-0.25, -0.2) is 4.79 Å². The van der Waals surface area contributed by atoms with E-state index in [0.29, 0.717) is 17.0 Å². The molecule has 0 radical (unpaired) electrons. The van der Waals surface area contributed by atoms with Crippen LogP contribution in [0.2, 0.25) is 0 Å². The third-order valence-corrected chi connectivity index (χ3v) is 6.67. The number of carbonyl (C=O) groups excluding carboxylic acids is 2. The first-order valence-corrected chi connectivity index (χ1v) is 13.1. The highest BCUT2D eigenvalue weighted by Crippen LogP contribution is 2.37. The maximum atomic E-state index is 13.3. The fourth-order valence-electron chi connectivity index (χ4n) is 4.86. The summed E-state index contributed by atoms with van der Waals surface area (Å²) in [6, 6.07) is 33.5. The van der Waals surface area contributed by atoms with Gasteiger partial charge in [0.05, 0.1) is 23.6 Å².